The van der Waals surface area contributed by atoms with Crippen LogP contribution >= 0.6 is 0 Å². The van der Waals surface area contributed by atoms with Crippen LogP contribution in [0.15, 0.2) is 58.5 Å². The van der Waals surface area contributed by atoms with Gasteiger partial charge in [-0.1, -0.05) is 44.2 Å². The van der Waals surface area contributed by atoms with Crippen molar-refractivity contribution in [1.82, 2.24) is 9.73 Å². The average Bonchev–Trinajstić information content (AvgIpc) is 2.82. The quantitative estimate of drug-likeness (QED) is 0.387. The average molecular weight is 462 g/mol. The summed E-state index contributed by atoms with van der Waals surface area (Å²) in [4.78, 5) is 12.5. The van der Waals surface area contributed by atoms with Crippen molar-refractivity contribution >= 4 is 21.6 Å². The summed E-state index contributed by atoms with van der Waals surface area (Å²) in [5, 5.41) is 4.10. The molecule has 0 aliphatic carbocycles. The van der Waals surface area contributed by atoms with Crippen LogP contribution in [0.3, 0.4) is 0 Å². The van der Waals surface area contributed by atoms with Gasteiger partial charge in [0.15, 0.2) is 11.5 Å². The third-order valence-corrected chi connectivity index (χ3v) is 6.80. The number of amides is 1. The van der Waals surface area contributed by atoms with Gasteiger partial charge in [0.2, 0.25) is 10.0 Å². The van der Waals surface area contributed by atoms with Gasteiger partial charge in [-0.05, 0) is 37.0 Å². The van der Waals surface area contributed by atoms with Gasteiger partial charge in [-0.2, -0.15) is 9.41 Å². The molecule has 0 bridgehead atoms. The SMILES string of the molecule is CCC(CC)=NNC(=O)CN(CCc1ccccc1)S(=O)(=O)c1ccc(OC)c(OC)c1. The molecule has 0 fully saturated rings. The summed E-state index contributed by atoms with van der Waals surface area (Å²) < 4.78 is 38.4. The predicted octanol–water partition coefficient (Wildman–Crippen LogP) is 3.23. The highest BCUT2D eigenvalue weighted by Gasteiger charge is 2.27. The lowest BCUT2D eigenvalue weighted by Crippen LogP contribution is -2.40. The molecule has 0 atom stereocenters. The second-order valence-corrected chi connectivity index (χ2v) is 8.95. The Kier molecular flexibility index (Phi) is 9.67. The number of ether oxygens (including phenoxy) is 2. The van der Waals surface area contributed by atoms with Gasteiger partial charge in [0.25, 0.3) is 5.91 Å². The highest BCUT2D eigenvalue weighted by atomic mass is 32.2. The van der Waals surface area contributed by atoms with Gasteiger partial charge in [0.05, 0.1) is 25.7 Å². The number of carbonyl (C=O) groups excluding carboxylic acids is 1. The minimum Gasteiger partial charge on any atom is -0.493 e. The Hall–Kier alpha value is -2.91. The van der Waals surface area contributed by atoms with Crippen molar-refractivity contribution in [3.8, 4) is 11.5 Å². The number of hydrazone groups is 1. The molecule has 0 unspecified atom stereocenters. The lowest BCUT2D eigenvalue weighted by atomic mass is 10.1. The summed E-state index contributed by atoms with van der Waals surface area (Å²) in [5.41, 5.74) is 4.28. The maximum atomic E-state index is 13.4. The largest absolute Gasteiger partial charge is 0.493 e. The van der Waals surface area contributed by atoms with Crippen molar-refractivity contribution in [2.24, 2.45) is 5.10 Å². The van der Waals surface area contributed by atoms with Crippen molar-refractivity contribution in [1.29, 1.82) is 0 Å². The minimum atomic E-state index is -3.99. The van der Waals surface area contributed by atoms with E-state index in [1.807, 2.05) is 44.2 Å². The van der Waals surface area contributed by atoms with Crippen molar-refractivity contribution < 1.29 is 22.7 Å². The molecule has 8 nitrogen and oxygen atoms in total. The Balaban J connectivity index is 2.31. The van der Waals surface area contributed by atoms with E-state index in [9.17, 15) is 13.2 Å². The molecule has 0 heterocycles. The summed E-state index contributed by atoms with van der Waals surface area (Å²) in [5.74, 6) is 0.212. The standard InChI is InChI=1S/C23H31N3O5S/c1-5-19(6-2)24-25-23(27)17-26(15-14-18-10-8-7-9-11-18)32(28,29)20-12-13-21(30-3)22(16-20)31-4/h7-13,16H,5-6,14-15,17H2,1-4H3,(H,25,27). The monoisotopic (exact) mass is 461 g/mol. The van der Waals surface area contributed by atoms with E-state index in [-0.39, 0.29) is 18.0 Å². The number of carbonyl (C=O) groups is 1. The number of sulfonamides is 1. The molecule has 2 aromatic carbocycles. The van der Waals surface area contributed by atoms with Crippen molar-refractivity contribution in [3.63, 3.8) is 0 Å². The molecule has 9 heteroatoms. The number of hydrogen-bond donors (Lipinski definition) is 1. The number of nitrogens with zero attached hydrogens (tertiary/aromatic N) is 2. The lowest BCUT2D eigenvalue weighted by molar-refractivity contribution is -0.121. The summed E-state index contributed by atoms with van der Waals surface area (Å²) in [6, 6.07) is 13.9. The molecule has 0 saturated heterocycles. The predicted molar refractivity (Wildman–Crippen MR) is 125 cm³/mol. The molecule has 1 N–H and O–H groups in total. The van der Waals surface area contributed by atoms with Crippen LogP contribution in [0.4, 0.5) is 0 Å². The van der Waals surface area contributed by atoms with E-state index in [1.165, 1.54) is 32.4 Å². The fourth-order valence-electron chi connectivity index (χ4n) is 3.05. The highest BCUT2D eigenvalue weighted by Crippen LogP contribution is 2.30. The van der Waals surface area contributed by atoms with Crippen LogP contribution in [-0.4, -0.2) is 51.7 Å². The maximum absolute atomic E-state index is 13.4. The molecule has 0 aromatic heterocycles. The van der Waals surface area contributed by atoms with Gasteiger partial charge < -0.3 is 9.47 Å². The fourth-order valence-corrected chi connectivity index (χ4v) is 4.47. The molecule has 174 valence electrons. The van der Waals surface area contributed by atoms with E-state index in [2.05, 4.69) is 10.5 Å². The summed E-state index contributed by atoms with van der Waals surface area (Å²) in [6.45, 7) is 3.67. The number of rotatable bonds is 12. The summed E-state index contributed by atoms with van der Waals surface area (Å²) in [6.07, 6.45) is 1.87. The van der Waals surface area contributed by atoms with E-state index in [0.29, 0.717) is 30.8 Å². The number of benzene rings is 2. The Morgan fingerprint density at radius 2 is 1.66 bits per heavy atom. The lowest BCUT2D eigenvalue weighted by Gasteiger charge is -2.22. The third kappa shape index (κ3) is 6.80. The fraction of sp³-hybridized carbons (Fsp3) is 0.391. The Morgan fingerprint density at radius 1 is 1.00 bits per heavy atom. The number of nitrogens with one attached hydrogen (secondary N) is 1. The Labute approximate surface area is 190 Å². The van der Waals surface area contributed by atoms with Crippen LogP contribution in [0.25, 0.3) is 0 Å². The first-order chi connectivity index (χ1) is 15.3. The normalized spacial score (nSPS) is 11.2. The van der Waals surface area contributed by atoms with Crippen LogP contribution in [0, 0.1) is 0 Å². The smallest absolute Gasteiger partial charge is 0.255 e. The van der Waals surface area contributed by atoms with Crippen LogP contribution in [-0.2, 0) is 21.2 Å². The van der Waals surface area contributed by atoms with Crippen molar-refractivity contribution in [3.05, 3.63) is 54.1 Å². The van der Waals surface area contributed by atoms with Crippen LogP contribution in [0.1, 0.15) is 32.3 Å². The maximum Gasteiger partial charge on any atom is 0.255 e. The molecular weight excluding hydrogens is 430 g/mol. The zero-order chi connectivity index (χ0) is 23.6. The Morgan fingerprint density at radius 3 is 2.25 bits per heavy atom. The molecule has 2 rings (SSSR count). The molecule has 0 aliphatic heterocycles. The molecule has 2 aromatic rings. The van der Waals surface area contributed by atoms with Gasteiger partial charge in [-0.25, -0.2) is 13.8 Å². The van der Waals surface area contributed by atoms with Crippen molar-refractivity contribution in [2.45, 2.75) is 38.0 Å². The number of hydrogen-bond acceptors (Lipinski definition) is 6. The molecule has 0 saturated carbocycles. The van der Waals surface area contributed by atoms with E-state index in [1.54, 1.807) is 0 Å². The van der Waals surface area contributed by atoms with E-state index in [0.717, 1.165) is 15.6 Å². The van der Waals surface area contributed by atoms with Gasteiger partial charge in [0, 0.05) is 18.3 Å². The molecular formula is C23H31N3O5S. The third-order valence-electron chi connectivity index (χ3n) is 4.96. The van der Waals surface area contributed by atoms with Gasteiger partial charge in [-0.15, -0.1) is 0 Å². The van der Waals surface area contributed by atoms with Crippen molar-refractivity contribution in [2.75, 3.05) is 27.3 Å². The second kappa shape index (κ2) is 12.2. The minimum absolute atomic E-state index is 0.0160. The number of methoxy groups -OCH3 is 2. The van der Waals surface area contributed by atoms with Crippen LogP contribution < -0.4 is 14.9 Å². The van der Waals surface area contributed by atoms with Gasteiger partial charge >= 0.3 is 0 Å². The first-order valence-corrected chi connectivity index (χ1v) is 11.9. The summed E-state index contributed by atoms with van der Waals surface area (Å²) >= 11 is 0. The van der Waals surface area contributed by atoms with Crippen LogP contribution in [0.5, 0.6) is 11.5 Å². The summed E-state index contributed by atoms with van der Waals surface area (Å²) in [7, 11) is -1.07. The second-order valence-electron chi connectivity index (χ2n) is 7.01. The van der Waals surface area contributed by atoms with E-state index < -0.39 is 15.9 Å². The van der Waals surface area contributed by atoms with Gasteiger partial charge in [0.1, 0.15) is 0 Å². The Bertz CT molecular complexity index is 1020. The first-order valence-electron chi connectivity index (χ1n) is 10.5. The molecule has 0 spiro atoms. The molecule has 0 radical (unpaired) electrons. The highest BCUT2D eigenvalue weighted by molar-refractivity contribution is 7.89. The zero-order valence-electron chi connectivity index (χ0n) is 19.0. The van der Waals surface area contributed by atoms with Gasteiger partial charge in [-0.3, -0.25) is 4.79 Å². The molecule has 1 amide bonds. The zero-order valence-corrected chi connectivity index (χ0v) is 19.8. The van der Waals surface area contributed by atoms with E-state index in [4.69, 9.17) is 9.47 Å². The van der Waals surface area contributed by atoms with Crippen LogP contribution in [0.2, 0.25) is 0 Å². The molecule has 0 aliphatic rings. The first kappa shape index (κ1) is 25.4. The topological polar surface area (TPSA) is 97.3 Å². The molecule has 32 heavy (non-hydrogen) atoms. The van der Waals surface area contributed by atoms with E-state index >= 15 is 0 Å².